The molecule has 0 spiro atoms. The zero-order valence-electron chi connectivity index (χ0n) is 15.4. The number of rotatable bonds is 3. The highest BCUT2D eigenvalue weighted by atomic mass is 19.4. The van der Waals surface area contributed by atoms with E-state index in [4.69, 9.17) is 9.90 Å². The molecule has 0 amide bonds. The van der Waals surface area contributed by atoms with Gasteiger partial charge in [-0.1, -0.05) is 6.07 Å². The monoisotopic (exact) mass is 407 g/mol. The number of aromatic nitrogens is 4. The topological polar surface area (TPSA) is 92.9 Å². The van der Waals surface area contributed by atoms with Crippen molar-refractivity contribution in [3.63, 3.8) is 0 Å². The molecule has 1 aliphatic rings. The number of nitrogens with zero attached hydrogens (tertiary/aromatic N) is 4. The molecule has 7 nitrogen and oxygen atoms in total. The Morgan fingerprint density at radius 2 is 1.79 bits per heavy atom. The lowest BCUT2D eigenvalue weighted by molar-refractivity contribution is -0.192. The molecule has 1 aromatic carbocycles. The summed E-state index contributed by atoms with van der Waals surface area (Å²) in [5, 5.41) is 15.1. The van der Waals surface area contributed by atoms with Crippen LogP contribution in [0, 0.1) is 5.92 Å². The molecule has 2 aromatic heterocycles. The molecule has 0 bridgehead atoms. The van der Waals surface area contributed by atoms with Gasteiger partial charge in [-0.05, 0) is 49.5 Å². The Labute approximate surface area is 164 Å². The summed E-state index contributed by atoms with van der Waals surface area (Å²) in [5.41, 5.74) is 4.13. The van der Waals surface area contributed by atoms with Crippen molar-refractivity contribution in [2.45, 2.75) is 25.6 Å². The zero-order chi connectivity index (χ0) is 20.9. The Kier molecular flexibility index (Phi) is 6.42. The smallest absolute Gasteiger partial charge is 0.475 e. The molecular weight excluding hydrogens is 387 g/mol. The maximum atomic E-state index is 10.6. The molecule has 0 aliphatic carbocycles. The summed E-state index contributed by atoms with van der Waals surface area (Å²) < 4.78 is 33.8. The van der Waals surface area contributed by atoms with Crippen molar-refractivity contribution >= 4 is 17.0 Å². The van der Waals surface area contributed by atoms with Crippen molar-refractivity contribution in [3.05, 3.63) is 43.0 Å². The van der Waals surface area contributed by atoms with E-state index in [1.165, 1.54) is 12.8 Å². The highest BCUT2D eigenvalue weighted by molar-refractivity contribution is 5.80. The van der Waals surface area contributed by atoms with E-state index in [0.29, 0.717) is 0 Å². The molecule has 3 aromatic rings. The third-order valence-corrected chi connectivity index (χ3v) is 4.58. The summed E-state index contributed by atoms with van der Waals surface area (Å²) in [7, 11) is 0. The molecule has 0 saturated carbocycles. The molecule has 3 heterocycles. The van der Waals surface area contributed by atoms with Gasteiger partial charge in [-0.25, -0.2) is 4.79 Å². The number of nitrogens with one attached hydrogen (secondary N) is 1. The highest BCUT2D eigenvalue weighted by Crippen LogP contribution is 2.23. The number of carboxylic acid groups (broad SMARTS) is 1. The van der Waals surface area contributed by atoms with E-state index in [2.05, 4.69) is 43.4 Å². The fraction of sp³-hybridized carbons (Fsp3) is 0.368. The predicted molar refractivity (Wildman–Crippen MR) is 100 cm³/mol. The van der Waals surface area contributed by atoms with Crippen LogP contribution in [0.2, 0.25) is 0 Å². The van der Waals surface area contributed by atoms with Crippen LogP contribution in [-0.4, -0.2) is 50.1 Å². The Bertz CT molecular complexity index is 968. The number of carboxylic acids is 1. The first kappa shape index (κ1) is 20.7. The Balaban J connectivity index is 0.000000298. The van der Waals surface area contributed by atoms with Gasteiger partial charge in [0.2, 0.25) is 0 Å². The van der Waals surface area contributed by atoms with Crippen LogP contribution in [0.25, 0.3) is 22.2 Å². The second-order valence-corrected chi connectivity index (χ2v) is 6.71. The molecule has 10 heteroatoms. The second kappa shape index (κ2) is 8.99. The van der Waals surface area contributed by atoms with Gasteiger partial charge in [0, 0.05) is 30.7 Å². The number of hydrogen-bond donors (Lipinski definition) is 2. The molecule has 2 N–H and O–H groups in total. The van der Waals surface area contributed by atoms with Gasteiger partial charge in [0.1, 0.15) is 0 Å². The van der Waals surface area contributed by atoms with Crippen LogP contribution >= 0.6 is 0 Å². The lowest BCUT2D eigenvalue weighted by Gasteiger charge is -2.22. The maximum absolute atomic E-state index is 10.6. The summed E-state index contributed by atoms with van der Waals surface area (Å²) in [6.45, 7) is 3.26. The SMILES string of the molecule is O=C(O)C(F)(F)F.c1cnc2cc(-c3cnn(CC4CCNCC4)c3)ccc2n1. The third-order valence-electron chi connectivity index (χ3n) is 4.58. The maximum Gasteiger partial charge on any atom is 0.490 e. The molecule has 0 atom stereocenters. The van der Waals surface area contributed by atoms with Gasteiger partial charge in [0.15, 0.2) is 0 Å². The molecule has 0 radical (unpaired) electrons. The number of alkyl halides is 3. The average molecular weight is 407 g/mol. The number of piperidine rings is 1. The van der Waals surface area contributed by atoms with Crippen molar-refractivity contribution in [2.24, 2.45) is 5.92 Å². The number of fused-ring (bicyclic) bond motifs is 1. The Morgan fingerprint density at radius 3 is 2.45 bits per heavy atom. The van der Waals surface area contributed by atoms with Crippen molar-refractivity contribution in [1.29, 1.82) is 0 Å². The van der Waals surface area contributed by atoms with E-state index in [9.17, 15) is 13.2 Å². The minimum Gasteiger partial charge on any atom is -0.475 e. The van der Waals surface area contributed by atoms with Crippen molar-refractivity contribution in [1.82, 2.24) is 25.1 Å². The minimum atomic E-state index is -5.08. The average Bonchev–Trinajstić information content (AvgIpc) is 3.16. The molecule has 1 fully saturated rings. The van der Waals surface area contributed by atoms with Crippen molar-refractivity contribution in [3.8, 4) is 11.1 Å². The Hall–Kier alpha value is -3.01. The second-order valence-electron chi connectivity index (χ2n) is 6.71. The third kappa shape index (κ3) is 5.74. The zero-order valence-corrected chi connectivity index (χ0v) is 15.4. The van der Waals surface area contributed by atoms with Gasteiger partial charge in [-0.2, -0.15) is 18.3 Å². The van der Waals surface area contributed by atoms with Gasteiger partial charge in [0.05, 0.1) is 17.2 Å². The van der Waals surface area contributed by atoms with E-state index in [0.717, 1.165) is 47.7 Å². The van der Waals surface area contributed by atoms with Crippen LogP contribution in [0.5, 0.6) is 0 Å². The number of aliphatic carboxylic acids is 1. The van der Waals surface area contributed by atoms with Crippen LogP contribution in [0.1, 0.15) is 12.8 Å². The van der Waals surface area contributed by atoms with E-state index in [-0.39, 0.29) is 0 Å². The number of hydrogen-bond acceptors (Lipinski definition) is 5. The van der Waals surface area contributed by atoms with E-state index in [1.54, 1.807) is 12.4 Å². The summed E-state index contributed by atoms with van der Waals surface area (Å²) in [5.74, 6) is -2.02. The molecule has 29 heavy (non-hydrogen) atoms. The number of benzene rings is 1. The molecule has 4 rings (SSSR count). The van der Waals surface area contributed by atoms with Gasteiger partial charge in [-0.3, -0.25) is 14.6 Å². The molecule has 1 saturated heterocycles. The Morgan fingerprint density at radius 1 is 1.14 bits per heavy atom. The summed E-state index contributed by atoms with van der Waals surface area (Å²) in [6, 6.07) is 6.18. The highest BCUT2D eigenvalue weighted by Gasteiger charge is 2.38. The van der Waals surface area contributed by atoms with Gasteiger partial charge < -0.3 is 10.4 Å². The minimum absolute atomic E-state index is 0.733. The van der Waals surface area contributed by atoms with Gasteiger partial charge >= 0.3 is 12.1 Å². The lowest BCUT2D eigenvalue weighted by Crippen LogP contribution is -2.29. The standard InChI is InChI=1S/C17H19N5.C2HF3O2/c1-2-16-17(20-8-7-19-16)9-14(1)15-10-21-22(12-15)11-13-3-5-18-6-4-13;3-2(4,5)1(6)7/h1-2,7-10,12-13,18H,3-6,11H2;(H,6,7). The van der Waals surface area contributed by atoms with Crippen molar-refractivity contribution in [2.75, 3.05) is 13.1 Å². The van der Waals surface area contributed by atoms with E-state index in [1.807, 2.05) is 12.3 Å². The molecular formula is C19H20F3N5O2. The van der Waals surface area contributed by atoms with Crippen LogP contribution in [-0.2, 0) is 11.3 Å². The first-order chi connectivity index (χ1) is 13.8. The summed E-state index contributed by atoms with van der Waals surface area (Å²) in [6.07, 6.45) is 4.92. The van der Waals surface area contributed by atoms with E-state index >= 15 is 0 Å². The van der Waals surface area contributed by atoms with Gasteiger partial charge in [0.25, 0.3) is 0 Å². The van der Waals surface area contributed by atoms with Crippen LogP contribution in [0.15, 0.2) is 43.0 Å². The first-order valence-corrected chi connectivity index (χ1v) is 9.07. The summed E-state index contributed by atoms with van der Waals surface area (Å²) >= 11 is 0. The molecule has 0 unspecified atom stereocenters. The molecule has 1 aliphatic heterocycles. The molecule has 154 valence electrons. The number of carbonyl (C=O) groups is 1. The number of halogens is 3. The lowest BCUT2D eigenvalue weighted by atomic mass is 9.98. The van der Waals surface area contributed by atoms with Crippen LogP contribution in [0.3, 0.4) is 0 Å². The van der Waals surface area contributed by atoms with Crippen molar-refractivity contribution < 1.29 is 23.1 Å². The van der Waals surface area contributed by atoms with E-state index < -0.39 is 12.1 Å². The summed E-state index contributed by atoms with van der Waals surface area (Å²) in [4.78, 5) is 17.6. The van der Waals surface area contributed by atoms with Crippen LogP contribution < -0.4 is 5.32 Å². The quantitative estimate of drug-likeness (QED) is 0.693. The first-order valence-electron chi connectivity index (χ1n) is 9.07. The fourth-order valence-electron chi connectivity index (χ4n) is 3.08. The fourth-order valence-corrected chi connectivity index (χ4v) is 3.08. The van der Waals surface area contributed by atoms with Crippen LogP contribution in [0.4, 0.5) is 13.2 Å². The predicted octanol–water partition coefficient (Wildman–Crippen LogP) is 3.13. The largest absolute Gasteiger partial charge is 0.490 e. The van der Waals surface area contributed by atoms with Gasteiger partial charge in [-0.15, -0.1) is 0 Å². The normalized spacial score (nSPS) is 15.0.